The van der Waals surface area contributed by atoms with E-state index in [0.717, 1.165) is 16.8 Å². The van der Waals surface area contributed by atoms with Gasteiger partial charge in [-0.15, -0.1) is 10.2 Å². The number of aromatic nitrogens is 3. The molecule has 1 unspecified atom stereocenters. The average Bonchev–Trinajstić information content (AvgIpc) is 3.05. The van der Waals surface area contributed by atoms with Gasteiger partial charge in [0.15, 0.2) is 11.0 Å². The number of nitrogens with zero attached hydrogens (tertiary/aromatic N) is 3. The Hall–Kier alpha value is -2.31. The van der Waals surface area contributed by atoms with Gasteiger partial charge in [0.05, 0.1) is 12.1 Å². The van der Waals surface area contributed by atoms with Crippen LogP contribution in [0.25, 0.3) is 17.1 Å². The lowest BCUT2D eigenvalue weighted by Gasteiger charge is -2.13. The van der Waals surface area contributed by atoms with Crippen LogP contribution < -0.4 is 0 Å². The van der Waals surface area contributed by atoms with Gasteiger partial charge >= 0.3 is 5.97 Å². The van der Waals surface area contributed by atoms with E-state index in [1.807, 2.05) is 60.0 Å². The van der Waals surface area contributed by atoms with Crippen molar-refractivity contribution in [1.82, 2.24) is 14.8 Å². The highest BCUT2D eigenvalue weighted by atomic mass is 35.5. The Labute approximate surface area is 161 Å². The number of aryl methyl sites for hydroxylation is 1. The summed E-state index contributed by atoms with van der Waals surface area (Å²) >= 11 is 7.66. The molecule has 5 nitrogen and oxygen atoms in total. The molecule has 26 heavy (non-hydrogen) atoms. The molecule has 0 saturated heterocycles. The van der Waals surface area contributed by atoms with Gasteiger partial charge in [-0.2, -0.15) is 0 Å². The maximum atomic E-state index is 11.8. The van der Waals surface area contributed by atoms with Crippen LogP contribution in [0.15, 0.2) is 53.7 Å². The van der Waals surface area contributed by atoms with Gasteiger partial charge in [0.25, 0.3) is 0 Å². The number of esters is 1. The van der Waals surface area contributed by atoms with Crippen LogP contribution in [0.3, 0.4) is 0 Å². The summed E-state index contributed by atoms with van der Waals surface area (Å²) in [4.78, 5) is 11.8. The number of hydrogen-bond donors (Lipinski definition) is 0. The van der Waals surface area contributed by atoms with Crippen LogP contribution in [-0.4, -0.2) is 33.1 Å². The SMILES string of the molecule is COC(=O)C(C)Sc1nnc(-c2ccccc2Cl)n1-c1ccc(C)cc1. The molecule has 0 bridgehead atoms. The summed E-state index contributed by atoms with van der Waals surface area (Å²) < 4.78 is 6.73. The van der Waals surface area contributed by atoms with Crippen molar-refractivity contribution in [2.24, 2.45) is 0 Å². The molecular weight excluding hydrogens is 370 g/mol. The quantitative estimate of drug-likeness (QED) is 0.474. The lowest BCUT2D eigenvalue weighted by molar-refractivity contribution is -0.139. The van der Waals surface area contributed by atoms with Crippen molar-refractivity contribution in [3.63, 3.8) is 0 Å². The fourth-order valence-electron chi connectivity index (χ4n) is 2.46. The van der Waals surface area contributed by atoms with E-state index in [9.17, 15) is 4.79 Å². The third kappa shape index (κ3) is 3.76. The largest absolute Gasteiger partial charge is 0.468 e. The van der Waals surface area contributed by atoms with Crippen molar-refractivity contribution in [1.29, 1.82) is 0 Å². The number of hydrogen-bond acceptors (Lipinski definition) is 5. The molecule has 1 aromatic heterocycles. The van der Waals surface area contributed by atoms with E-state index in [1.165, 1.54) is 18.9 Å². The molecule has 134 valence electrons. The lowest BCUT2D eigenvalue weighted by Crippen LogP contribution is -2.15. The van der Waals surface area contributed by atoms with Crippen LogP contribution in [0.5, 0.6) is 0 Å². The lowest BCUT2D eigenvalue weighted by atomic mass is 10.2. The van der Waals surface area contributed by atoms with Crippen molar-refractivity contribution in [3.8, 4) is 17.1 Å². The highest BCUT2D eigenvalue weighted by molar-refractivity contribution is 8.00. The predicted molar refractivity (Wildman–Crippen MR) is 104 cm³/mol. The maximum Gasteiger partial charge on any atom is 0.318 e. The molecule has 1 atom stereocenters. The van der Waals surface area contributed by atoms with E-state index in [0.29, 0.717) is 16.0 Å². The number of halogens is 1. The summed E-state index contributed by atoms with van der Waals surface area (Å²) in [6, 6.07) is 15.5. The summed E-state index contributed by atoms with van der Waals surface area (Å²) in [7, 11) is 1.37. The van der Waals surface area contributed by atoms with Crippen molar-refractivity contribution in [2.75, 3.05) is 7.11 Å². The van der Waals surface area contributed by atoms with Gasteiger partial charge in [0.1, 0.15) is 5.25 Å². The molecule has 3 aromatic rings. The van der Waals surface area contributed by atoms with Gasteiger partial charge in [-0.3, -0.25) is 9.36 Å². The number of benzene rings is 2. The highest BCUT2D eigenvalue weighted by Gasteiger charge is 2.23. The topological polar surface area (TPSA) is 57.0 Å². The summed E-state index contributed by atoms with van der Waals surface area (Å²) in [6.45, 7) is 3.81. The Morgan fingerprint density at radius 1 is 1.15 bits per heavy atom. The van der Waals surface area contributed by atoms with Gasteiger partial charge in [-0.1, -0.05) is 53.2 Å². The predicted octanol–water partition coefficient (Wildman–Crippen LogP) is 4.55. The van der Waals surface area contributed by atoms with E-state index in [1.54, 1.807) is 6.92 Å². The fraction of sp³-hybridized carbons (Fsp3) is 0.211. The van der Waals surface area contributed by atoms with Crippen LogP contribution in [0, 0.1) is 6.92 Å². The number of ether oxygens (including phenoxy) is 1. The molecule has 0 N–H and O–H groups in total. The first-order chi connectivity index (χ1) is 12.5. The van der Waals surface area contributed by atoms with E-state index in [2.05, 4.69) is 10.2 Å². The Balaban J connectivity index is 2.12. The second-order valence-electron chi connectivity index (χ2n) is 5.74. The first-order valence-electron chi connectivity index (χ1n) is 8.03. The zero-order valence-electron chi connectivity index (χ0n) is 14.6. The standard InChI is InChI=1S/C19H18ClN3O2S/c1-12-8-10-14(11-9-12)23-17(15-6-4-5-7-16(15)20)21-22-19(23)26-13(2)18(24)25-3/h4-11,13H,1-3H3. The normalized spacial score (nSPS) is 12.0. The molecule has 0 aliphatic rings. The van der Waals surface area contributed by atoms with Crippen molar-refractivity contribution < 1.29 is 9.53 Å². The second kappa shape index (κ2) is 7.93. The molecule has 0 spiro atoms. The molecule has 0 amide bonds. The monoisotopic (exact) mass is 387 g/mol. The number of methoxy groups -OCH3 is 1. The van der Waals surface area contributed by atoms with Crippen molar-refractivity contribution in [2.45, 2.75) is 24.3 Å². The Bertz CT molecular complexity index is 925. The van der Waals surface area contributed by atoms with Crippen molar-refractivity contribution >= 4 is 29.3 Å². The van der Waals surface area contributed by atoms with E-state index < -0.39 is 5.25 Å². The molecule has 0 aliphatic carbocycles. The van der Waals surface area contributed by atoms with E-state index in [4.69, 9.17) is 16.3 Å². The van der Waals surface area contributed by atoms with Crippen molar-refractivity contribution in [3.05, 3.63) is 59.1 Å². The second-order valence-corrected chi connectivity index (χ2v) is 7.46. The van der Waals surface area contributed by atoms with E-state index in [-0.39, 0.29) is 5.97 Å². The molecule has 0 aliphatic heterocycles. The Kier molecular flexibility index (Phi) is 5.64. The minimum Gasteiger partial charge on any atom is -0.468 e. The maximum absolute atomic E-state index is 11.8. The van der Waals surface area contributed by atoms with Crippen LogP contribution >= 0.6 is 23.4 Å². The summed E-state index contributed by atoms with van der Waals surface area (Å²) in [5, 5.41) is 9.42. The third-order valence-electron chi connectivity index (χ3n) is 3.86. The molecule has 0 saturated carbocycles. The molecule has 1 heterocycles. The van der Waals surface area contributed by atoms with Gasteiger partial charge in [0.2, 0.25) is 0 Å². The first-order valence-corrected chi connectivity index (χ1v) is 9.29. The molecule has 2 aromatic carbocycles. The van der Waals surface area contributed by atoms with Crippen LogP contribution in [0.2, 0.25) is 5.02 Å². The van der Waals surface area contributed by atoms with Crippen LogP contribution in [-0.2, 0) is 9.53 Å². The molecule has 7 heteroatoms. The molecule has 3 rings (SSSR count). The number of rotatable bonds is 5. The smallest absolute Gasteiger partial charge is 0.318 e. The van der Waals surface area contributed by atoms with Gasteiger partial charge in [-0.25, -0.2) is 0 Å². The third-order valence-corrected chi connectivity index (χ3v) is 5.21. The van der Waals surface area contributed by atoms with Gasteiger partial charge in [-0.05, 0) is 38.1 Å². The molecule has 0 fully saturated rings. The summed E-state index contributed by atoms with van der Waals surface area (Å²) in [5.74, 6) is 0.312. The number of carbonyl (C=O) groups excluding carboxylic acids is 1. The summed E-state index contributed by atoms with van der Waals surface area (Å²) in [5.41, 5.74) is 2.83. The summed E-state index contributed by atoms with van der Waals surface area (Å²) in [6.07, 6.45) is 0. The first kappa shape index (κ1) is 18.5. The van der Waals surface area contributed by atoms with Gasteiger partial charge in [0, 0.05) is 11.3 Å². The molecule has 0 radical (unpaired) electrons. The van der Waals surface area contributed by atoms with E-state index >= 15 is 0 Å². The zero-order valence-corrected chi connectivity index (χ0v) is 16.2. The fourth-order valence-corrected chi connectivity index (χ4v) is 3.58. The van der Waals surface area contributed by atoms with Crippen LogP contribution in [0.1, 0.15) is 12.5 Å². The minimum absolute atomic E-state index is 0.312. The average molecular weight is 388 g/mol. The minimum atomic E-state index is -0.410. The van der Waals surface area contributed by atoms with Gasteiger partial charge < -0.3 is 4.74 Å². The Morgan fingerprint density at radius 3 is 2.50 bits per heavy atom. The highest BCUT2D eigenvalue weighted by Crippen LogP contribution is 2.33. The molecular formula is C19H18ClN3O2S. The Morgan fingerprint density at radius 2 is 1.85 bits per heavy atom. The number of carbonyl (C=O) groups is 1. The van der Waals surface area contributed by atoms with Crippen LogP contribution in [0.4, 0.5) is 0 Å². The zero-order chi connectivity index (χ0) is 18.7. The number of thioether (sulfide) groups is 1.